The summed E-state index contributed by atoms with van der Waals surface area (Å²) in [6, 6.07) is 7.53. The molecule has 30 heavy (non-hydrogen) atoms. The number of hydrogen-bond donors (Lipinski definition) is 1. The van der Waals surface area contributed by atoms with E-state index in [4.69, 9.17) is 4.74 Å². The van der Waals surface area contributed by atoms with Crippen LogP contribution in [0.5, 0.6) is 0 Å². The Hall–Kier alpha value is -2.52. The molecule has 1 N–H and O–H groups in total. The number of amides is 2. The predicted molar refractivity (Wildman–Crippen MR) is 118 cm³/mol. The molecule has 1 atom stereocenters. The number of hydrogen-bond acceptors (Lipinski definition) is 6. The van der Waals surface area contributed by atoms with E-state index < -0.39 is 5.92 Å². The van der Waals surface area contributed by atoms with E-state index in [2.05, 4.69) is 36.1 Å². The van der Waals surface area contributed by atoms with Crippen molar-refractivity contribution >= 4 is 45.1 Å². The number of nitrogens with zero attached hydrogens (tertiary/aromatic N) is 4. The normalized spacial score (nSPS) is 19.3. The molecule has 4 rings (SSSR count). The third-order valence-electron chi connectivity index (χ3n) is 5.42. The zero-order valence-electron chi connectivity index (χ0n) is 17.0. The van der Waals surface area contributed by atoms with Gasteiger partial charge in [0, 0.05) is 36.2 Å². The first-order valence-electron chi connectivity index (χ1n) is 9.97. The van der Waals surface area contributed by atoms with Crippen LogP contribution in [0.15, 0.2) is 28.7 Å². The minimum atomic E-state index is -0.422. The van der Waals surface area contributed by atoms with Crippen molar-refractivity contribution in [1.29, 1.82) is 0 Å². The standard InChI is InChI=1S/C21H24BrN5O3/c1-13-19(14(2)24-21(23-13)26-6-8-30-9-7-26)25-20(29)15-10-18(28)27(12-15)17-5-3-4-16(22)11-17/h3-5,11,15H,6-10,12H2,1-2H3,(H,25,29). The maximum absolute atomic E-state index is 12.9. The van der Waals surface area contributed by atoms with Gasteiger partial charge in [-0.25, -0.2) is 9.97 Å². The largest absolute Gasteiger partial charge is 0.378 e. The Kier molecular flexibility index (Phi) is 6.01. The molecule has 2 saturated heterocycles. The van der Waals surface area contributed by atoms with Crippen LogP contribution in [0.2, 0.25) is 0 Å². The van der Waals surface area contributed by atoms with Crippen molar-refractivity contribution in [3.05, 3.63) is 40.1 Å². The average Bonchev–Trinajstić information content (AvgIpc) is 3.13. The average molecular weight is 474 g/mol. The van der Waals surface area contributed by atoms with Gasteiger partial charge in [-0.15, -0.1) is 0 Å². The molecule has 2 amide bonds. The molecule has 9 heteroatoms. The molecular formula is C21H24BrN5O3. The van der Waals surface area contributed by atoms with Gasteiger partial charge in [-0.3, -0.25) is 9.59 Å². The fourth-order valence-electron chi connectivity index (χ4n) is 3.79. The summed E-state index contributed by atoms with van der Waals surface area (Å²) in [7, 11) is 0. The van der Waals surface area contributed by atoms with Crippen LogP contribution in [-0.4, -0.2) is 54.6 Å². The Morgan fingerprint density at radius 1 is 1.20 bits per heavy atom. The maximum atomic E-state index is 12.9. The fraction of sp³-hybridized carbons (Fsp3) is 0.429. The van der Waals surface area contributed by atoms with E-state index in [0.29, 0.717) is 42.8 Å². The number of rotatable bonds is 4. The molecule has 2 fully saturated rings. The van der Waals surface area contributed by atoms with Crippen LogP contribution < -0.4 is 15.1 Å². The minimum Gasteiger partial charge on any atom is -0.378 e. The lowest BCUT2D eigenvalue weighted by atomic mass is 10.1. The molecule has 0 bridgehead atoms. The molecule has 2 aromatic rings. The number of aromatic nitrogens is 2. The lowest BCUT2D eigenvalue weighted by Gasteiger charge is -2.27. The highest BCUT2D eigenvalue weighted by Gasteiger charge is 2.35. The second-order valence-corrected chi connectivity index (χ2v) is 8.46. The first-order valence-corrected chi connectivity index (χ1v) is 10.8. The van der Waals surface area contributed by atoms with Crippen LogP contribution in [0, 0.1) is 19.8 Å². The van der Waals surface area contributed by atoms with Gasteiger partial charge in [0.05, 0.1) is 36.2 Å². The van der Waals surface area contributed by atoms with Crippen molar-refractivity contribution in [2.45, 2.75) is 20.3 Å². The van der Waals surface area contributed by atoms with E-state index in [0.717, 1.165) is 23.2 Å². The minimum absolute atomic E-state index is 0.0550. The zero-order chi connectivity index (χ0) is 21.3. The van der Waals surface area contributed by atoms with E-state index in [1.54, 1.807) is 4.90 Å². The van der Waals surface area contributed by atoms with Crippen molar-refractivity contribution in [2.24, 2.45) is 5.92 Å². The number of nitrogens with one attached hydrogen (secondary N) is 1. The van der Waals surface area contributed by atoms with Gasteiger partial charge in [-0.2, -0.15) is 0 Å². The van der Waals surface area contributed by atoms with Crippen LogP contribution in [-0.2, 0) is 14.3 Å². The Bertz CT molecular complexity index is 954. The van der Waals surface area contributed by atoms with E-state index in [1.807, 2.05) is 38.1 Å². The number of aryl methyl sites for hydroxylation is 2. The highest BCUT2D eigenvalue weighted by molar-refractivity contribution is 9.10. The Labute approximate surface area is 183 Å². The molecule has 158 valence electrons. The lowest BCUT2D eigenvalue weighted by Crippen LogP contribution is -2.37. The molecule has 0 spiro atoms. The van der Waals surface area contributed by atoms with Gasteiger partial charge in [0.25, 0.3) is 0 Å². The third kappa shape index (κ3) is 4.32. The zero-order valence-corrected chi connectivity index (χ0v) is 18.6. The van der Waals surface area contributed by atoms with E-state index in [1.165, 1.54) is 0 Å². The molecule has 0 radical (unpaired) electrons. The van der Waals surface area contributed by atoms with E-state index in [-0.39, 0.29) is 18.2 Å². The molecule has 3 heterocycles. The molecule has 2 aliphatic rings. The molecular weight excluding hydrogens is 450 g/mol. The second-order valence-electron chi connectivity index (χ2n) is 7.54. The van der Waals surface area contributed by atoms with Crippen molar-refractivity contribution in [2.75, 3.05) is 48.0 Å². The molecule has 0 saturated carbocycles. The summed E-state index contributed by atoms with van der Waals surface area (Å²) in [4.78, 5) is 38.3. The Morgan fingerprint density at radius 2 is 1.90 bits per heavy atom. The van der Waals surface area contributed by atoms with Crippen molar-refractivity contribution < 1.29 is 14.3 Å². The first kappa shape index (κ1) is 20.7. The van der Waals surface area contributed by atoms with Gasteiger partial charge >= 0.3 is 0 Å². The smallest absolute Gasteiger partial charge is 0.229 e. The number of benzene rings is 1. The summed E-state index contributed by atoms with van der Waals surface area (Å²) in [5.74, 6) is -0.00671. The summed E-state index contributed by atoms with van der Waals surface area (Å²) >= 11 is 3.43. The second kappa shape index (κ2) is 8.69. The predicted octanol–water partition coefficient (Wildman–Crippen LogP) is 2.68. The van der Waals surface area contributed by atoms with Crippen LogP contribution in [0.25, 0.3) is 0 Å². The fourth-order valence-corrected chi connectivity index (χ4v) is 4.17. The van der Waals surface area contributed by atoms with Gasteiger partial charge in [0.2, 0.25) is 17.8 Å². The quantitative estimate of drug-likeness (QED) is 0.734. The topological polar surface area (TPSA) is 87.7 Å². The molecule has 8 nitrogen and oxygen atoms in total. The SMILES string of the molecule is Cc1nc(N2CCOCC2)nc(C)c1NC(=O)C1CC(=O)N(c2cccc(Br)c2)C1. The Balaban J connectivity index is 1.47. The number of halogens is 1. The van der Waals surface area contributed by atoms with Gasteiger partial charge in [-0.1, -0.05) is 22.0 Å². The summed E-state index contributed by atoms with van der Waals surface area (Å²) in [6.45, 7) is 6.89. The third-order valence-corrected chi connectivity index (χ3v) is 5.91. The van der Waals surface area contributed by atoms with Crippen molar-refractivity contribution in [1.82, 2.24) is 9.97 Å². The number of morpholine rings is 1. The van der Waals surface area contributed by atoms with Crippen LogP contribution in [0.1, 0.15) is 17.8 Å². The Morgan fingerprint density at radius 3 is 2.57 bits per heavy atom. The summed E-state index contributed by atoms with van der Waals surface area (Å²) < 4.78 is 6.28. The highest BCUT2D eigenvalue weighted by Crippen LogP contribution is 2.29. The number of carbonyl (C=O) groups is 2. The van der Waals surface area contributed by atoms with Gasteiger partial charge in [-0.05, 0) is 32.0 Å². The van der Waals surface area contributed by atoms with Gasteiger partial charge in [0.1, 0.15) is 0 Å². The van der Waals surface area contributed by atoms with E-state index in [9.17, 15) is 9.59 Å². The molecule has 2 aliphatic heterocycles. The van der Waals surface area contributed by atoms with Gasteiger partial charge < -0.3 is 19.9 Å². The van der Waals surface area contributed by atoms with Crippen LogP contribution >= 0.6 is 15.9 Å². The summed E-state index contributed by atoms with van der Waals surface area (Å²) in [6.07, 6.45) is 0.184. The monoisotopic (exact) mass is 473 g/mol. The van der Waals surface area contributed by atoms with Crippen LogP contribution in [0.4, 0.5) is 17.3 Å². The number of ether oxygens (including phenoxy) is 1. The van der Waals surface area contributed by atoms with Gasteiger partial charge in [0.15, 0.2) is 0 Å². The first-order chi connectivity index (χ1) is 14.4. The molecule has 1 unspecified atom stereocenters. The molecule has 1 aromatic heterocycles. The van der Waals surface area contributed by atoms with Crippen molar-refractivity contribution in [3.63, 3.8) is 0 Å². The molecule has 1 aromatic carbocycles. The lowest BCUT2D eigenvalue weighted by molar-refractivity contribution is -0.122. The maximum Gasteiger partial charge on any atom is 0.229 e. The summed E-state index contributed by atoms with van der Waals surface area (Å²) in [5, 5.41) is 2.96. The number of carbonyl (C=O) groups excluding carboxylic acids is 2. The summed E-state index contributed by atoms with van der Waals surface area (Å²) in [5.41, 5.74) is 2.83. The van der Waals surface area contributed by atoms with E-state index >= 15 is 0 Å². The van der Waals surface area contributed by atoms with Crippen LogP contribution in [0.3, 0.4) is 0 Å². The number of anilines is 3. The highest BCUT2D eigenvalue weighted by atomic mass is 79.9. The molecule has 0 aliphatic carbocycles. The van der Waals surface area contributed by atoms with Crippen molar-refractivity contribution in [3.8, 4) is 0 Å².